The topological polar surface area (TPSA) is 73.2 Å². The largest absolute Gasteiger partial charge is 0.492 e. The standard InChI is InChI=1S/C19H19N3O3/c23-18-14-21-22(17-9-5-4-8-16(17)18)12-10-19(24)20-11-13-25-15-6-2-1-3-7-15/h1-9,14H,10-13H2,(H,20,24). The number of aryl methyl sites for hydroxylation is 1. The number of fused-ring (bicyclic) bond motifs is 1. The summed E-state index contributed by atoms with van der Waals surface area (Å²) in [5.41, 5.74) is 0.615. The van der Waals surface area contributed by atoms with Crippen molar-refractivity contribution in [1.29, 1.82) is 0 Å². The number of carbonyl (C=O) groups is 1. The number of nitrogens with zero attached hydrogens (tertiary/aromatic N) is 2. The molecule has 6 nitrogen and oxygen atoms in total. The monoisotopic (exact) mass is 337 g/mol. The van der Waals surface area contributed by atoms with Crippen molar-refractivity contribution in [3.63, 3.8) is 0 Å². The molecule has 0 spiro atoms. The van der Waals surface area contributed by atoms with Crippen molar-refractivity contribution in [3.8, 4) is 5.75 Å². The number of aromatic nitrogens is 2. The zero-order valence-corrected chi connectivity index (χ0v) is 13.7. The van der Waals surface area contributed by atoms with Gasteiger partial charge in [0.05, 0.1) is 24.8 Å². The van der Waals surface area contributed by atoms with Crippen molar-refractivity contribution in [3.05, 3.63) is 71.0 Å². The molecule has 6 heteroatoms. The number of hydrogen-bond donors (Lipinski definition) is 1. The van der Waals surface area contributed by atoms with Crippen LogP contribution in [0.3, 0.4) is 0 Å². The van der Waals surface area contributed by atoms with E-state index in [4.69, 9.17) is 4.74 Å². The van der Waals surface area contributed by atoms with E-state index in [9.17, 15) is 9.59 Å². The second-order valence-electron chi connectivity index (χ2n) is 5.51. The van der Waals surface area contributed by atoms with Crippen LogP contribution in [0.25, 0.3) is 10.9 Å². The highest BCUT2D eigenvalue weighted by atomic mass is 16.5. The van der Waals surface area contributed by atoms with E-state index in [1.54, 1.807) is 10.7 Å². The Labute approximate surface area is 145 Å². The zero-order chi connectivity index (χ0) is 17.5. The fourth-order valence-electron chi connectivity index (χ4n) is 2.51. The summed E-state index contributed by atoms with van der Waals surface area (Å²) in [5.74, 6) is 0.696. The minimum Gasteiger partial charge on any atom is -0.492 e. The Hall–Kier alpha value is -3.15. The molecule has 1 amide bonds. The van der Waals surface area contributed by atoms with Gasteiger partial charge in [-0.15, -0.1) is 0 Å². The minimum atomic E-state index is -0.116. The summed E-state index contributed by atoms with van der Waals surface area (Å²) in [4.78, 5) is 23.8. The van der Waals surface area contributed by atoms with Gasteiger partial charge in [-0.05, 0) is 24.3 Å². The van der Waals surface area contributed by atoms with Crippen LogP contribution in [0.5, 0.6) is 5.75 Å². The first kappa shape index (κ1) is 16.7. The van der Waals surface area contributed by atoms with E-state index >= 15 is 0 Å². The van der Waals surface area contributed by atoms with Crippen molar-refractivity contribution in [2.75, 3.05) is 13.2 Å². The first-order valence-electron chi connectivity index (χ1n) is 8.13. The predicted octanol–water partition coefficient (Wildman–Crippen LogP) is 1.98. The lowest BCUT2D eigenvalue weighted by atomic mass is 10.2. The van der Waals surface area contributed by atoms with Crippen LogP contribution >= 0.6 is 0 Å². The van der Waals surface area contributed by atoms with Crippen LogP contribution in [0.2, 0.25) is 0 Å². The first-order chi connectivity index (χ1) is 12.2. The Bertz CT molecular complexity index is 906. The summed E-state index contributed by atoms with van der Waals surface area (Å²) < 4.78 is 7.20. The van der Waals surface area contributed by atoms with Crippen LogP contribution in [-0.2, 0) is 11.3 Å². The Morgan fingerprint density at radius 2 is 1.84 bits per heavy atom. The SMILES string of the molecule is O=C(CCn1ncc(=O)c2ccccc21)NCCOc1ccccc1. The summed E-state index contributed by atoms with van der Waals surface area (Å²) in [6.45, 7) is 1.26. The van der Waals surface area contributed by atoms with Gasteiger partial charge in [0.25, 0.3) is 0 Å². The first-order valence-corrected chi connectivity index (χ1v) is 8.13. The molecule has 0 fully saturated rings. The maximum atomic E-state index is 12.0. The quantitative estimate of drug-likeness (QED) is 0.669. The molecule has 0 bridgehead atoms. The van der Waals surface area contributed by atoms with Crippen LogP contribution < -0.4 is 15.5 Å². The van der Waals surface area contributed by atoms with Crippen LogP contribution in [-0.4, -0.2) is 28.8 Å². The third-order valence-electron chi connectivity index (χ3n) is 3.75. The van der Waals surface area contributed by atoms with Gasteiger partial charge in [0.2, 0.25) is 11.3 Å². The second-order valence-corrected chi connectivity index (χ2v) is 5.51. The molecule has 3 aromatic rings. The number of rotatable bonds is 7. The van der Waals surface area contributed by atoms with Crippen molar-refractivity contribution in [2.45, 2.75) is 13.0 Å². The van der Waals surface area contributed by atoms with Gasteiger partial charge in [0, 0.05) is 11.8 Å². The van der Waals surface area contributed by atoms with Crippen molar-refractivity contribution in [1.82, 2.24) is 15.1 Å². The van der Waals surface area contributed by atoms with Gasteiger partial charge in [-0.2, -0.15) is 5.10 Å². The lowest BCUT2D eigenvalue weighted by Gasteiger charge is -2.10. The molecule has 0 atom stereocenters. The van der Waals surface area contributed by atoms with Gasteiger partial charge in [0.1, 0.15) is 12.4 Å². The van der Waals surface area contributed by atoms with E-state index in [2.05, 4.69) is 10.4 Å². The van der Waals surface area contributed by atoms with E-state index in [0.29, 0.717) is 25.1 Å². The van der Waals surface area contributed by atoms with E-state index in [-0.39, 0.29) is 17.8 Å². The van der Waals surface area contributed by atoms with Gasteiger partial charge in [0.15, 0.2) is 0 Å². The molecular weight excluding hydrogens is 318 g/mol. The summed E-state index contributed by atoms with van der Waals surface area (Å²) in [6.07, 6.45) is 1.57. The van der Waals surface area contributed by atoms with Gasteiger partial charge < -0.3 is 10.1 Å². The van der Waals surface area contributed by atoms with Crippen molar-refractivity contribution < 1.29 is 9.53 Å². The molecule has 0 aliphatic carbocycles. The Morgan fingerprint density at radius 3 is 2.68 bits per heavy atom. The summed E-state index contributed by atoms with van der Waals surface area (Å²) in [5, 5.41) is 7.54. The number of carbonyl (C=O) groups excluding carboxylic acids is 1. The fraction of sp³-hybridized carbons (Fsp3) is 0.211. The molecule has 1 heterocycles. The third kappa shape index (κ3) is 4.44. The maximum absolute atomic E-state index is 12.0. The number of amides is 1. The van der Waals surface area contributed by atoms with Gasteiger partial charge in [-0.1, -0.05) is 30.3 Å². The number of para-hydroxylation sites is 2. The minimum absolute atomic E-state index is 0.0822. The maximum Gasteiger partial charge on any atom is 0.221 e. The van der Waals surface area contributed by atoms with E-state index < -0.39 is 0 Å². The normalized spacial score (nSPS) is 10.6. The molecule has 0 radical (unpaired) electrons. The zero-order valence-electron chi connectivity index (χ0n) is 13.7. The summed E-state index contributed by atoms with van der Waals surface area (Å²) in [6, 6.07) is 16.7. The predicted molar refractivity (Wildman–Crippen MR) is 95.6 cm³/mol. The highest BCUT2D eigenvalue weighted by molar-refractivity contribution is 5.79. The van der Waals surface area contributed by atoms with Gasteiger partial charge in [-0.25, -0.2) is 0 Å². The van der Waals surface area contributed by atoms with Crippen LogP contribution in [0.1, 0.15) is 6.42 Å². The van der Waals surface area contributed by atoms with E-state index in [0.717, 1.165) is 11.3 Å². The molecule has 25 heavy (non-hydrogen) atoms. The lowest BCUT2D eigenvalue weighted by molar-refractivity contribution is -0.121. The molecular formula is C19H19N3O3. The molecule has 2 aromatic carbocycles. The molecule has 1 aromatic heterocycles. The number of ether oxygens (including phenoxy) is 1. The molecule has 0 unspecified atom stereocenters. The number of nitrogens with one attached hydrogen (secondary N) is 1. The molecule has 3 rings (SSSR count). The molecule has 128 valence electrons. The van der Waals surface area contributed by atoms with Crippen molar-refractivity contribution in [2.24, 2.45) is 0 Å². The van der Waals surface area contributed by atoms with Gasteiger partial charge >= 0.3 is 0 Å². The molecule has 1 N–H and O–H groups in total. The van der Waals surface area contributed by atoms with Gasteiger partial charge in [-0.3, -0.25) is 14.3 Å². The summed E-state index contributed by atoms with van der Waals surface area (Å²) >= 11 is 0. The third-order valence-corrected chi connectivity index (χ3v) is 3.75. The molecule has 0 saturated heterocycles. The number of benzene rings is 2. The van der Waals surface area contributed by atoms with E-state index in [1.165, 1.54) is 6.20 Å². The highest BCUT2D eigenvalue weighted by Gasteiger charge is 2.06. The lowest BCUT2D eigenvalue weighted by Crippen LogP contribution is -2.29. The molecule has 0 saturated carbocycles. The summed E-state index contributed by atoms with van der Waals surface area (Å²) in [7, 11) is 0. The smallest absolute Gasteiger partial charge is 0.221 e. The number of hydrogen-bond acceptors (Lipinski definition) is 4. The fourth-order valence-corrected chi connectivity index (χ4v) is 2.51. The van der Waals surface area contributed by atoms with Crippen molar-refractivity contribution >= 4 is 16.8 Å². The Balaban J connectivity index is 1.48. The molecule has 0 aliphatic rings. The average molecular weight is 337 g/mol. The Morgan fingerprint density at radius 1 is 1.08 bits per heavy atom. The average Bonchev–Trinajstić information content (AvgIpc) is 2.66. The van der Waals surface area contributed by atoms with Crippen LogP contribution in [0, 0.1) is 0 Å². The molecule has 0 aliphatic heterocycles. The van der Waals surface area contributed by atoms with Crippen LogP contribution in [0.4, 0.5) is 0 Å². The van der Waals surface area contributed by atoms with Crippen LogP contribution in [0.15, 0.2) is 65.6 Å². The second kappa shape index (κ2) is 8.10. The van der Waals surface area contributed by atoms with E-state index in [1.807, 2.05) is 48.5 Å². The Kier molecular flexibility index (Phi) is 5.41. The highest BCUT2D eigenvalue weighted by Crippen LogP contribution is 2.09.